The highest BCUT2D eigenvalue weighted by Crippen LogP contribution is 2.31. The number of ketones is 1. The molecule has 1 aliphatic carbocycles. The average molecular weight is 354 g/mol. The van der Waals surface area contributed by atoms with Crippen LogP contribution in [0, 0.1) is 11.8 Å². The average Bonchev–Trinajstić information content (AvgIpc) is 2.66. The van der Waals surface area contributed by atoms with Crippen molar-refractivity contribution in [1.29, 1.82) is 0 Å². The van der Waals surface area contributed by atoms with Crippen molar-refractivity contribution < 1.29 is 14.3 Å². The zero-order valence-corrected chi connectivity index (χ0v) is 16.1. The van der Waals surface area contributed by atoms with Crippen molar-refractivity contribution in [3.63, 3.8) is 0 Å². The molecule has 0 amide bonds. The number of allylic oxidation sites excluding steroid dienone is 4. The molecule has 0 aromatic heterocycles. The third-order valence-corrected chi connectivity index (χ3v) is 4.87. The molecule has 26 heavy (non-hydrogen) atoms. The number of hydrogen-bond donors (Lipinski definition) is 0. The summed E-state index contributed by atoms with van der Waals surface area (Å²) in [6, 6.07) is 9.81. The van der Waals surface area contributed by atoms with Crippen LogP contribution in [-0.2, 0) is 14.3 Å². The van der Waals surface area contributed by atoms with Crippen LogP contribution in [0.5, 0.6) is 0 Å². The third-order valence-electron chi connectivity index (χ3n) is 4.87. The van der Waals surface area contributed by atoms with Gasteiger partial charge in [-0.1, -0.05) is 69.3 Å². The Morgan fingerprint density at radius 3 is 2.42 bits per heavy atom. The number of carbonyl (C=O) groups excluding carboxylic acids is 2. The van der Waals surface area contributed by atoms with Gasteiger partial charge in [0, 0.05) is 17.4 Å². The Kier molecular flexibility index (Phi) is 7.83. The van der Waals surface area contributed by atoms with Crippen molar-refractivity contribution in [3.05, 3.63) is 59.7 Å². The molecular weight excluding hydrogens is 324 g/mol. The monoisotopic (exact) mass is 354 g/mol. The Bertz CT molecular complexity index is 655. The van der Waals surface area contributed by atoms with Gasteiger partial charge in [0.15, 0.2) is 5.78 Å². The van der Waals surface area contributed by atoms with Crippen molar-refractivity contribution in [2.45, 2.75) is 52.4 Å². The van der Waals surface area contributed by atoms with E-state index in [9.17, 15) is 9.59 Å². The summed E-state index contributed by atoms with van der Waals surface area (Å²) >= 11 is 0. The van der Waals surface area contributed by atoms with Gasteiger partial charge in [0.2, 0.25) is 0 Å². The maximum atomic E-state index is 12.9. The second kappa shape index (κ2) is 10.1. The molecule has 0 heterocycles. The summed E-state index contributed by atoms with van der Waals surface area (Å²) in [5.74, 6) is -0.0779. The predicted molar refractivity (Wildman–Crippen MR) is 105 cm³/mol. The fourth-order valence-electron chi connectivity index (χ4n) is 3.17. The Morgan fingerprint density at radius 2 is 1.81 bits per heavy atom. The molecule has 0 spiro atoms. The molecule has 2 rings (SSSR count). The molecule has 3 nitrogen and oxygen atoms in total. The predicted octanol–water partition coefficient (Wildman–Crippen LogP) is 5.23. The van der Waals surface area contributed by atoms with E-state index in [-0.39, 0.29) is 30.0 Å². The number of Topliss-reactive ketones (excluding diaryl/α,β-unsaturated/α-hetero) is 1. The van der Waals surface area contributed by atoms with Crippen molar-refractivity contribution in [2.75, 3.05) is 6.61 Å². The molecule has 3 heteroatoms. The number of rotatable bonds is 9. The summed E-state index contributed by atoms with van der Waals surface area (Å²) in [5.41, 5.74) is 1.77. The van der Waals surface area contributed by atoms with Gasteiger partial charge in [0.05, 0.1) is 13.0 Å². The maximum Gasteiger partial charge on any atom is 0.306 e. The largest absolute Gasteiger partial charge is 0.466 e. The Balaban J connectivity index is 2.11. The van der Waals surface area contributed by atoms with Gasteiger partial charge in [-0.05, 0) is 30.7 Å². The fraction of sp³-hybridized carbons (Fsp3) is 0.478. The molecule has 2 unspecified atom stereocenters. The highest BCUT2D eigenvalue weighted by Gasteiger charge is 2.29. The lowest BCUT2D eigenvalue weighted by molar-refractivity contribution is -0.144. The summed E-state index contributed by atoms with van der Waals surface area (Å²) in [7, 11) is 0. The highest BCUT2D eigenvalue weighted by molar-refractivity contribution is 6.00. The second-order valence-corrected chi connectivity index (χ2v) is 7.42. The summed E-state index contributed by atoms with van der Waals surface area (Å²) in [5, 5.41) is 0. The van der Waals surface area contributed by atoms with Crippen LogP contribution in [0.3, 0.4) is 0 Å². The first-order chi connectivity index (χ1) is 12.5. The zero-order chi connectivity index (χ0) is 18.9. The first kappa shape index (κ1) is 20.2. The van der Waals surface area contributed by atoms with Crippen molar-refractivity contribution in [3.8, 4) is 0 Å². The van der Waals surface area contributed by atoms with Gasteiger partial charge in [-0.15, -0.1) is 0 Å². The summed E-state index contributed by atoms with van der Waals surface area (Å²) in [6.07, 6.45) is 8.91. The van der Waals surface area contributed by atoms with E-state index in [4.69, 9.17) is 4.74 Å². The Morgan fingerprint density at radius 1 is 1.08 bits per heavy atom. The number of benzene rings is 1. The number of ether oxygens (including phenoxy) is 1. The Hall–Kier alpha value is -2.16. The third kappa shape index (κ3) is 5.98. The molecule has 0 saturated carbocycles. The lowest BCUT2D eigenvalue weighted by Crippen LogP contribution is -2.24. The molecule has 0 fully saturated rings. The molecule has 2 atom stereocenters. The SMILES string of the molecule is CC(C)CCOC(=O)CC(c1ccccc1)C(C)C(=O)C1=CCCC=C1. The second-order valence-electron chi connectivity index (χ2n) is 7.42. The number of hydrogen-bond acceptors (Lipinski definition) is 3. The maximum absolute atomic E-state index is 12.9. The van der Waals surface area contributed by atoms with Crippen molar-refractivity contribution in [2.24, 2.45) is 11.8 Å². The minimum absolute atomic E-state index is 0.102. The molecular formula is C23H30O3. The number of esters is 1. The molecule has 0 N–H and O–H groups in total. The van der Waals surface area contributed by atoms with Gasteiger partial charge in [-0.3, -0.25) is 9.59 Å². The van der Waals surface area contributed by atoms with E-state index in [2.05, 4.69) is 13.8 Å². The van der Waals surface area contributed by atoms with E-state index in [1.165, 1.54) is 0 Å². The van der Waals surface area contributed by atoms with Crippen LogP contribution in [0.25, 0.3) is 0 Å². The van der Waals surface area contributed by atoms with Crippen LogP contribution < -0.4 is 0 Å². The molecule has 140 valence electrons. The quantitative estimate of drug-likeness (QED) is 0.570. The van der Waals surface area contributed by atoms with Crippen LogP contribution in [0.4, 0.5) is 0 Å². The van der Waals surface area contributed by atoms with Crippen LogP contribution in [0.2, 0.25) is 0 Å². The molecule has 0 saturated heterocycles. The van der Waals surface area contributed by atoms with Crippen molar-refractivity contribution in [1.82, 2.24) is 0 Å². The van der Waals surface area contributed by atoms with Gasteiger partial charge in [0.25, 0.3) is 0 Å². The summed E-state index contributed by atoms with van der Waals surface area (Å²) in [4.78, 5) is 25.3. The minimum atomic E-state index is -0.274. The molecule has 1 aliphatic rings. The molecule has 0 radical (unpaired) electrons. The zero-order valence-electron chi connectivity index (χ0n) is 16.1. The van der Waals surface area contributed by atoms with Gasteiger partial charge in [0.1, 0.15) is 0 Å². The van der Waals surface area contributed by atoms with Crippen LogP contribution >= 0.6 is 0 Å². The first-order valence-electron chi connectivity index (χ1n) is 9.60. The van der Waals surface area contributed by atoms with Crippen LogP contribution in [-0.4, -0.2) is 18.4 Å². The van der Waals surface area contributed by atoms with Gasteiger partial charge in [-0.25, -0.2) is 0 Å². The van der Waals surface area contributed by atoms with E-state index < -0.39 is 0 Å². The minimum Gasteiger partial charge on any atom is -0.466 e. The molecule has 0 aliphatic heterocycles. The summed E-state index contributed by atoms with van der Waals surface area (Å²) in [6.45, 7) is 6.57. The van der Waals surface area contributed by atoms with E-state index in [0.29, 0.717) is 12.5 Å². The lowest BCUT2D eigenvalue weighted by atomic mass is 9.79. The lowest BCUT2D eigenvalue weighted by Gasteiger charge is -2.24. The fourth-order valence-corrected chi connectivity index (χ4v) is 3.17. The van der Waals surface area contributed by atoms with E-state index >= 15 is 0 Å². The van der Waals surface area contributed by atoms with Crippen molar-refractivity contribution >= 4 is 11.8 Å². The van der Waals surface area contributed by atoms with E-state index in [1.807, 2.05) is 55.5 Å². The number of carbonyl (C=O) groups is 2. The van der Waals surface area contributed by atoms with Gasteiger partial charge < -0.3 is 4.74 Å². The first-order valence-corrected chi connectivity index (χ1v) is 9.60. The van der Waals surface area contributed by atoms with E-state index in [1.54, 1.807) is 0 Å². The normalized spacial score (nSPS) is 16.1. The summed E-state index contributed by atoms with van der Waals surface area (Å²) < 4.78 is 5.40. The van der Waals surface area contributed by atoms with E-state index in [0.717, 1.165) is 30.4 Å². The van der Waals surface area contributed by atoms with Gasteiger partial charge in [-0.2, -0.15) is 0 Å². The Labute approximate surface area is 157 Å². The highest BCUT2D eigenvalue weighted by atomic mass is 16.5. The molecule has 0 bridgehead atoms. The van der Waals surface area contributed by atoms with Gasteiger partial charge >= 0.3 is 5.97 Å². The molecule has 1 aromatic carbocycles. The smallest absolute Gasteiger partial charge is 0.306 e. The molecule has 1 aromatic rings. The topological polar surface area (TPSA) is 43.4 Å². The van der Waals surface area contributed by atoms with Crippen LogP contribution in [0.15, 0.2) is 54.1 Å². The van der Waals surface area contributed by atoms with Crippen LogP contribution in [0.1, 0.15) is 57.9 Å². The standard InChI is InChI=1S/C23H30O3/c1-17(2)14-15-26-22(24)16-21(19-10-6-4-7-11-19)18(3)23(25)20-12-8-5-9-13-20/h4,6-8,10-13,17-18,21H,5,9,14-16H2,1-3H3.